The lowest BCUT2D eigenvalue weighted by Crippen LogP contribution is -2.45. The first kappa shape index (κ1) is 14.6. The number of hydrogen-bond donors (Lipinski definition) is 2. The van der Waals surface area contributed by atoms with E-state index in [2.05, 4.69) is 10.6 Å². The quantitative estimate of drug-likeness (QED) is 0.768. The lowest BCUT2D eigenvalue weighted by molar-refractivity contribution is -0.00689. The third-order valence-corrected chi connectivity index (χ3v) is 4.12. The number of thioether (sulfide) groups is 1. The van der Waals surface area contributed by atoms with Crippen LogP contribution in [0.15, 0.2) is 0 Å². The maximum Gasteiger partial charge on any atom is 0.314 e. The van der Waals surface area contributed by atoms with E-state index in [4.69, 9.17) is 4.74 Å². The Balaban J connectivity index is 2.11. The summed E-state index contributed by atoms with van der Waals surface area (Å²) in [6, 6.07) is -0.0923. The summed E-state index contributed by atoms with van der Waals surface area (Å²) >= 11 is 1.95. The fraction of sp³-hybridized carbons (Fsp3) is 0.917. The molecule has 1 unspecified atom stereocenters. The number of ether oxygens (including phenoxy) is 1. The van der Waals surface area contributed by atoms with E-state index in [1.54, 1.807) is 0 Å². The molecule has 17 heavy (non-hydrogen) atoms. The zero-order valence-electron chi connectivity index (χ0n) is 11.0. The second-order valence-corrected chi connectivity index (χ2v) is 6.30. The lowest BCUT2D eigenvalue weighted by atomic mass is 10.1. The van der Waals surface area contributed by atoms with Gasteiger partial charge in [-0.25, -0.2) is 4.79 Å². The maximum absolute atomic E-state index is 11.6. The van der Waals surface area contributed by atoms with Gasteiger partial charge in [0.2, 0.25) is 0 Å². The van der Waals surface area contributed by atoms with Crippen molar-refractivity contribution in [3.05, 3.63) is 0 Å². The normalized spacial score (nSPS) is 20.3. The summed E-state index contributed by atoms with van der Waals surface area (Å²) in [5.41, 5.74) is -0.297. The van der Waals surface area contributed by atoms with Gasteiger partial charge in [-0.15, -0.1) is 0 Å². The minimum atomic E-state index is -0.297. The van der Waals surface area contributed by atoms with Crippen molar-refractivity contribution in [2.24, 2.45) is 0 Å². The second-order valence-electron chi connectivity index (χ2n) is 4.89. The van der Waals surface area contributed by atoms with Crippen LogP contribution in [-0.2, 0) is 4.74 Å². The Morgan fingerprint density at radius 2 is 2.24 bits per heavy atom. The number of nitrogens with one attached hydrogen (secondary N) is 2. The maximum atomic E-state index is 11.6. The zero-order valence-corrected chi connectivity index (χ0v) is 11.9. The molecule has 100 valence electrons. The largest absolute Gasteiger partial charge is 0.374 e. The summed E-state index contributed by atoms with van der Waals surface area (Å²) in [6.07, 6.45) is 2.49. The molecule has 1 aliphatic rings. The minimum Gasteiger partial charge on any atom is -0.374 e. The number of urea groups is 1. The highest BCUT2D eigenvalue weighted by Gasteiger charge is 2.19. The standard InChI is InChI=1S/C12H24N2O2S/c1-4-16-12(2,3)9-14-11(15)13-8-10-6-5-7-17-10/h10H,4-9H2,1-3H3,(H2,13,14,15). The summed E-state index contributed by atoms with van der Waals surface area (Å²) in [4.78, 5) is 11.6. The van der Waals surface area contributed by atoms with Crippen molar-refractivity contribution in [2.45, 2.75) is 44.5 Å². The van der Waals surface area contributed by atoms with Crippen LogP contribution in [0.2, 0.25) is 0 Å². The molecule has 0 aromatic rings. The third-order valence-electron chi connectivity index (χ3n) is 2.72. The van der Waals surface area contributed by atoms with Crippen molar-refractivity contribution in [1.82, 2.24) is 10.6 Å². The van der Waals surface area contributed by atoms with E-state index in [-0.39, 0.29) is 11.6 Å². The first-order chi connectivity index (χ1) is 8.03. The van der Waals surface area contributed by atoms with E-state index in [9.17, 15) is 4.79 Å². The molecule has 1 saturated heterocycles. The molecule has 2 amide bonds. The molecule has 1 rings (SSSR count). The fourth-order valence-corrected chi connectivity index (χ4v) is 3.01. The highest BCUT2D eigenvalue weighted by atomic mass is 32.2. The first-order valence-corrected chi connectivity index (χ1v) is 7.35. The third kappa shape index (κ3) is 6.17. The highest BCUT2D eigenvalue weighted by Crippen LogP contribution is 2.25. The molecule has 1 aliphatic heterocycles. The van der Waals surface area contributed by atoms with Gasteiger partial charge >= 0.3 is 6.03 Å². The lowest BCUT2D eigenvalue weighted by Gasteiger charge is -2.25. The van der Waals surface area contributed by atoms with E-state index in [1.807, 2.05) is 32.5 Å². The molecule has 0 spiro atoms. The average Bonchev–Trinajstić information content (AvgIpc) is 2.76. The van der Waals surface area contributed by atoms with E-state index in [1.165, 1.54) is 18.6 Å². The second kappa shape index (κ2) is 7.11. The van der Waals surface area contributed by atoms with E-state index in [0.717, 1.165) is 6.54 Å². The SMILES string of the molecule is CCOC(C)(C)CNC(=O)NCC1CCCS1. The first-order valence-electron chi connectivity index (χ1n) is 6.31. The Labute approximate surface area is 108 Å². The molecular weight excluding hydrogens is 236 g/mol. The molecule has 0 radical (unpaired) electrons. The van der Waals surface area contributed by atoms with Crippen molar-refractivity contribution in [1.29, 1.82) is 0 Å². The molecule has 2 N–H and O–H groups in total. The van der Waals surface area contributed by atoms with Crippen LogP contribution in [0, 0.1) is 0 Å². The highest BCUT2D eigenvalue weighted by molar-refractivity contribution is 8.00. The molecule has 0 aliphatic carbocycles. The van der Waals surface area contributed by atoms with Crippen LogP contribution in [0.4, 0.5) is 4.79 Å². The van der Waals surface area contributed by atoms with Gasteiger partial charge in [-0.3, -0.25) is 0 Å². The predicted molar refractivity (Wildman–Crippen MR) is 72.6 cm³/mol. The van der Waals surface area contributed by atoms with Crippen LogP contribution >= 0.6 is 11.8 Å². The molecule has 1 heterocycles. The van der Waals surface area contributed by atoms with Crippen molar-refractivity contribution in [3.63, 3.8) is 0 Å². The Morgan fingerprint density at radius 1 is 1.47 bits per heavy atom. The molecule has 0 aromatic heterocycles. The molecule has 1 fully saturated rings. The van der Waals surface area contributed by atoms with Gasteiger partial charge in [0.1, 0.15) is 0 Å². The number of rotatable bonds is 6. The van der Waals surface area contributed by atoms with E-state index in [0.29, 0.717) is 18.4 Å². The van der Waals surface area contributed by atoms with Crippen molar-refractivity contribution < 1.29 is 9.53 Å². The summed E-state index contributed by atoms with van der Waals surface area (Å²) < 4.78 is 5.51. The van der Waals surface area contributed by atoms with Gasteiger partial charge in [0.15, 0.2) is 0 Å². The van der Waals surface area contributed by atoms with Crippen molar-refractivity contribution >= 4 is 17.8 Å². The van der Waals surface area contributed by atoms with Gasteiger partial charge in [0, 0.05) is 24.9 Å². The smallest absolute Gasteiger partial charge is 0.314 e. The van der Waals surface area contributed by atoms with Gasteiger partial charge in [-0.05, 0) is 39.4 Å². The molecule has 4 nitrogen and oxygen atoms in total. The molecule has 1 atom stereocenters. The van der Waals surface area contributed by atoms with Crippen LogP contribution in [0.25, 0.3) is 0 Å². The predicted octanol–water partition coefficient (Wildman–Crippen LogP) is 2.00. The topological polar surface area (TPSA) is 50.4 Å². The van der Waals surface area contributed by atoms with Crippen molar-refractivity contribution in [2.75, 3.05) is 25.4 Å². The summed E-state index contributed by atoms with van der Waals surface area (Å²) in [5.74, 6) is 1.23. The fourth-order valence-electron chi connectivity index (χ4n) is 1.81. The van der Waals surface area contributed by atoms with Crippen LogP contribution in [0.1, 0.15) is 33.6 Å². The number of carbonyl (C=O) groups is 1. The van der Waals surface area contributed by atoms with E-state index >= 15 is 0 Å². The van der Waals surface area contributed by atoms with Crippen LogP contribution < -0.4 is 10.6 Å². The van der Waals surface area contributed by atoms with Crippen LogP contribution in [0.5, 0.6) is 0 Å². The summed E-state index contributed by atoms with van der Waals surface area (Å²) in [6.45, 7) is 7.87. The monoisotopic (exact) mass is 260 g/mol. The Morgan fingerprint density at radius 3 is 2.82 bits per heavy atom. The van der Waals surface area contributed by atoms with Crippen LogP contribution in [-0.4, -0.2) is 42.3 Å². The summed E-state index contributed by atoms with van der Waals surface area (Å²) in [7, 11) is 0. The van der Waals surface area contributed by atoms with E-state index < -0.39 is 0 Å². The number of amides is 2. The number of carbonyl (C=O) groups excluding carboxylic acids is 1. The minimum absolute atomic E-state index is 0.0923. The number of hydrogen-bond acceptors (Lipinski definition) is 3. The van der Waals surface area contributed by atoms with Gasteiger partial charge in [-0.1, -0.05) is 0 Å². The molecule has 0 bridgehead atoms. The Bertz CT molecular complexity index is 241. The van der Waals surface area contributed by atoms with Gasteiger partial charge in [0.25, 0.3) is 0 Å². The van der Waals surface area contributed by atoms with Gasteiger partial charge in [-0.2, -0.15) is 11.8 Å². The Hall–Kier alpha value is -0.420. The summed E-state index contributed by atoms with van der Waals surface area (Å²) in [5, 5.41) is 6.36. The van der Waals surface area contributed by atoms with Gasteiger partial charge < -0.3 is 15.4 Å². The van der Waals surface area contributed by atoms with Crippen LogP contribution in [0.3, 0.4) is 0 Å². The zero-order chi connectivity index (χ0) is 12.7. The average molecular weight is 260 g/mol. The molecule has 0 saturated carbocycles. The van der Waals surface area contributed by atoms with Crippen molar-refractivity contribution in [3.8, 4) is 0 Å². The van der Waals surface area contributed by atoms with Gasteiger partial charge in [0.05, 0.1) is 5.60 Å². The molecular formula is C12H24N2O2S. The Kier molecular flexibility index (Phi) is 6.12. The molecule has 0 aromatic carbocycles. The molecule has 5 heteroatoms.